The fraction of sp³-hybridized carbons (Fsp3) is 0.448. The maximum Gasteiger partial charge on any atom is 0.303 e. The molecule has 1 aliphatic carbocycles. The van der Waals surface area contributed by atoms with E-state index in [1.807, 2.05) is 30.4 Å². The van der Waals surface area contributed by atoms with Gasteiger partial charge in [-0.05, 0) is 36.0 Å². The lowest BCUT2D eigenvalue weighted by atomic mass is 9.93. The monoisotopic (exact) mass is 477 g/mol. The highest BCUT2D eigenvalue weighted by Crippen LogP contribution is 2.35. The Morgan fingerprint density at radius 1 is 1.00 bits per heavy atom. The predicted octanol–water partition coefficient (Wildman–Crippen LogP) is 4.73. The van der Waals surface area contributed by atoms with Crippen molar-refractivity contribution in [1.29, 1.82) is 0 Å². The number of hydrogen-bond donors (Lipinski definition) is 1. The Bertz CT molecular complexity index is 982. The van der Waals surface area contributed by atoms with E-state index in [9.17, 15) is 9.59 Å². The number of aliphatic carboxylic acids is 1. The third kappa shape index (κ3) is 7.10. The lowest BCUT2D eigenvalue weighted by molar-refractivity contribution is -0.136. The van der Waals surface area contributed by atoms with Gasteiger partial charge in [0.05, 0.1) is 32.0 Å². The van der Waals surface area contributed by atoms with E-state index in [4.69, 9.17) is 14.6 Å². The Balaban J connectivity index is 1.38. The first-order valence-electron chi connectivity index (χ1n) is 12.6. The largest absolute Gasteiger partial charge is 0.481 e. The van der Waals surface area contributed by atoms with Crippen LogP contribution in [-0.4, -0.2) is 60.2 Å². The van der Waals surface area contributed by atoms with Crippen LogP contribution in [0.3, 0.4) is 0 Å². The topological polar surface area (TPSA) is 76.1 Å². The third-order valence-corrected chi connectivity index (χ3v) is 6.94. The van der Waals surface area contributed by atoms with Crippen molar-refractivity contribution in [3.63, 3.8) is 0 Å². The van der Waals surface area contributed by atoms with Gasteiger partial charge in [-0.1, -0.05) is 66.7 Å². The van der Waals surface area contributed by atoms with Crippen molar-refractivity contribution in [2.45, 2.75) is 50.9 Å². The molecule has 2 aromatic rings. The van der Waals surface area contributed by atoms with Crippen LogP contribution in [0.15, 0.2) is 66.7 Å². The number of ether oxygens (including phenoxy) is 2. The number of nitrogens with zero attached hydrogens (tertiary/aromatic N) is 1. The second kappa shape index (κ2) is 12.8. The van der Waals surface area contributed by atoms with Crippen LogP contribution < -0.4 is 0 Å². The Morgan fingerprint density at radius 3 is 2.40 bits per heavy atom. The second-order valence-electron chi connectivity index (χ2n) is 9.32. The number of Topliss-reactive ketones (excluding diaryl/α,β-unsaturated/α-hetero) is 1. The molecule has 1 heterocycles. The van der Waals surface area contributed by atoms with Crippen molar-refractivity contribution < 1.29 is 24.2 Å². The zero-order valence-electron chi connectivity index (χ0n) is 20.2. The number of benzene rings is 2. The molecular formula is C29H35NO5. The molecule has 2 fully saturated rings. The summed E-state index contributed by atoms with van der Waals surface area (Å²) in [7, 11) is 0. The molecule has 2 aliphatic rings. The fourth-order valence-electron chi connectivity index (χ4n) is 5.13. The van der Waals surface area contributed by atoms with Crippen LogP contribution >= 0.6 is 0 Å². The smallest absolute Gasteiger partial charge is 0.303 e. The number of carboxylic acid groups (broad SMARTS) is 1. The van der Waals surface area contributed by atoms with Crippen LogP contribution in [0.4, 0.5) is 0 Å². The van der Waals surface area contributed by atoms with Crippen molar-refractivity contribution in [1.82, 2.24) is 4.90 Å². The van der Waals surface area contributed by atoms with Gasteiger partial charge in [0.25, 0.3) is 0 Å². The van der Waals surface area contributed by atoms with E-state index in [1.165, 1.54) is 11.1 Å². The minimum Gasteiger partial charge on any atom is -0.481 e. The quantitative estimate of drug-likeness (QED) is 0.472. The number of rotatable bonds is 11. The third-order valence-electron chi connectivity index (χ3n) is 6.94. The van der Waals surface area contributed by atoms with Gasteiger partial charge in [-0.2, -0.15) is 0 Å². The Hall–Kier alpha value is -2.80. The summed E-state index contributed by atoms with van der Waals surface area (Å²) in [6.07, 6.45) is 6.63. The molecule has 1 N–H and O–H groups in total. The molecule has 1 aliphatic heterocycles. The molecule has 0 spiro atoms. The average molecular weight is 478 g/mol. The summed E-state index contributed by atoms with van der Waals surface area (Å²) in [6, 6.07) is 18.6. The number of hydrogen-bond acceptors (Lipinski definition) is 5. The summed E-state index contributed by atoms with van der Waals surface area (Å²) in [5.41, 5.74) is 3.45. The van der Waals surface area contributed by atoms with Gasteiger partial charge in [0.1, 0.15) is 0 Å². The van der Waals surface area contributed by atoms with Crippen molar-refractivity contribution >= 4 is 11.8 Å². The van der Waals surface area contributed by atoms with E-state index in [0.29, 0.717) is 32.7 Å². The molecule has 186 valence electrons. The molecule has 3 atom stereocenters. The first-order chi connectivity index (χ1) is 17.1. The number of carbonyl (C=O) groups is 2. The van der Waals surface area contributed by atoms with Crippen LogP contribution in [0.5, 0.6) is 0 Å². The van der Waals surface area contributed by atoms with Crippen LogP contribution in [0.1, 0.15) is 37.7 Å². The van der Waals surface area contributed by atoms with Crippen LogP contribution in [0, 0.1) is 5.92 Å². The van der Waals surface area contributed by atoms with Crippen molar-refractivity contribution in [2.75, 3.05) is 26.3 Å². The molecule has 0 unspecified atom stereocenters. The SMILES string of the molecule is O=C(O)CC/C=C/CC[C@H]1[C@@H](OCc2ccc(-c3ccccc3)cc2)CC(=O)[C@@H]1N1CCOCC1. The van der Waals surface area contributed by atoms with E-state index < -0.39 is 5.97 Å². The fourth-order valence-corrected chi connectivity index (χ4v) is 5.13. The number of carboxylic acids is 1. The summed E-state index contributed by atoms with van der Waals surface area (Å²) in [4.78, 5) is 26.1. The molecule has 1 saturated heterocycles. The van der Waals surface area contributed by atoms with E-state index >= 15 is 0 Å². The first kappa shape index (κ1) is 25.3. The Labute approximate surface area is 207 Å². The number of carbonyl (C=O) groups excluding carboxylic acids is 1. The van der Waals surface area contributed by atoms with Crippen LogP contribution in [0.2, 0.25) is 0 Å². The molecule has 0 amide bonds. The lowest BCUT2D eigenvalue weighted by Gasteiger charge is -2.35. The zero-order valence-corrected chi connectivity index (χ0v) is 20.2. The van der Waals surface area contributed by atoms with Gasteiger partial charge >= 0.3 is 5.97 Å². The molecule has 4 rings (SSSR count). The van der Waals surface area contributed by atoms with Crippen LogP contribution in [0.25, 0.3) is 11.1 Å². The van der Waals surface area contributed by atoms with E-state index in [-0.39, 0.29) is 30.3 Å². The summed E-state index contributed by atoms with van der Waals surface area (Å²) < 4.78 is 11.9. The minimum absolute atomic E-state index is 0.114. The molecule has 0 bridgehead atoms. The molecule has 6 nitrogen and oxygen atoms in total. The molecule has 0 aromatic heterocycles. The Kier molecular flexibility index (Phi) is 9.23. The summed E-state index contributed by atoms with van der Waals surface area (Å²) in [5, 5.41) is 8.81. The minimum atomic E-state index is -0.784. The van der Waals surface area contributed by atoms with Crippen molar-refractivity contribution in [3.8, 4) is 11.1 Å². The van der Waals surface area contributed by atoms with Gasteiger partial charge in [-0.3, -0.25) is 14.5 Å². The van der Waals surface area contributed by atoms with Gasteiger partial charge < -0.3 is 14.6 Å². The Morgan fingerprint density at radius 2 is 1.69 bits per heavy atom. The van der Waals surface area contributed by atoms with E-state index in [0.717, 1.165) is 31.5 Å². The summed E-state index contributed by atoms with van der Waals surface area (Å²) in [5.74, 6) is -0.404. The van der Waals surface area contributed by atoms with Crippen LogP contribution in [-0.2, 0) is 25.7 Å². The van der Waals surface area contributed by atoms with Crippen molar-refractivity contribution in [2.24, 2.45) is 5.92 Å². The van der Waals surface area contributed by atoms with E-state index in [2.05, 4.69) is 41.3 Å². The van der Waals surface area contributed by atoms with Gasteiger partial charge in [-0.15, -0.1) is 0 Å². The maximum absolute atomic E-state index is 13.1. The highest BCUT2D eigenvalue weighted by molar-refractivity contribution is 5.87. The normalized spacial score (nSPS) is 23.2. The van der Waals surface area contributed by atoms with Gasteiger partial charge in [0.15, 0.2) is 5.78 Å². The standard InChI is InChI=1S/C29H35NO5/c31-26-20-27(35-21-22-12-14-24(15-13-22)23-8-4-3-5-9-23)25(10-6-1-2-7-11-28(32)33)29(26)30-16-18-34-19-17-30/h1-5,8-9,12-15,25,27,29H,6-7,10-11,16-21H2,(H,32,33)/b2-1+/t25-,27-,29+/m0/s1. The molecule has 1 saturated carbocycles. The van der Waals surface area contributed by atoms with Gasteiger partial charge in [-0.25, -0.2) is 0 Å². The van der Waals surface area contributed by atoms with Crippen molar-refractivity contribution in [3.05, 3.63) is 72.3 Å². The summed E-state index contributed by atoms with van der Waals surface area (Å²) >= 11 is 0. The molecular weight excluding hydrogens is 442 g/mol. The molecule has 35 heavy (non-hydrogen) atoms. The first-order valence-corrected chi connectivity index (χ1v) is 12.6. The highest BCUT2D eigenvalue weighted by Gasteiger charge is 2.45. The van der Waals surface area contributed by atoms with Gasteiger partial charge in [0.2, 0.25) is 0 Å². The van der Waals surface area contributed by atoms with Gasteiger partial charge in [0, 0.05) is 31.8 Å². The molecule has 6 heteroatoms. The lowest BCUT2D eigenvalue weighted by Crippen LogP contribution is -2.49. The predicted molar refractivity (Wildman–Crippen MR) is 135 cm³/mol. The number of ketones is 1. The van der Waals surface area contributed by atoms with E-state index in [1.54, 1.807) is 0 Å². The molecule has 0 radical (unpaired) electrons. The zero-order chi connectivity index (χ0) is 24.5. The number of morpholine rings is 1. The maximum atomic E-state index is 13.1. The number of allylic oxidation sites excluding steroid dienone is 2. The average Bonchev–Trinajstić information content (AvgIpc) is 3.20. The highest BCUT2D eigenvalue weighted by atomic mass is 16.5. The second-order valence-corrected chi connectivity index (χ2v) is 9.32. The summed E-state index contributed by atoms with van der Waals surface area (Å²) in [6.45, 7) is 3.34. The molecule has 2 aromatic carbocycles.